The van der Waals surface area contributed by atoms with Gasteiger partial charge in [-0.2, -0.15) is 0 Å². The lowest BCUT2D eigenvalue weighted by molar-refractivity contribution is -0.399. The zero-order valence-electron chi connectivity index (χ0n) is 10.2. The zero-order chi connectivity index (χ0) is 12.4. The van der Waals surface area contributed by atoms with Gasteiger partial charge in [0, 0.05) is 5.75 Å². The van der Waals surface area contributed by atoms with Gasteiger partial charge in [0.25, 0.3) is 0 Å². The molecule has 0 aliphatic rings. The van der Waals surface area contributed by atoms with Crippen molar-refractivity contribution < 1.29 is 9.97 Å². The van der Waals surface area contributed by atoms with Crippen molar-refractivity contribution in [2.24, 2.45) is 0 Å². The number of benzene rings is 1. The third-order valence-electron chi connectivity index (χ3n) is 2.86. The van der Waals surface area contributed by atoms with Crippen LogP contribution in [0.1, 0.15) is 11.1 Å². The van der Waals surface area contributed by atoms with E-state index in [0.29, 0.717) is 0 Å². The minimum absolute atomic E-state index is 0.966. The number of hydrogen-bond donors (Lipinski definition) is 1. The van der Waals surface area contributed by atoms with Crippen molar-refractivity contribution in [1.82, 2.24) is 4.98 Å². The largest absolute Gasteiger partial charge is 0.315 e. The average molecular weight is 257 g/mol. The average Bonchev–Trinajstić information content (AvgIpc) is 2.81. The number of thioether (sulfide) groups is 1. The maximum atomic E-state index is 3.36. The molecule has 0 amide bonds. The summed E-state index contributed by atoms with van der Waals surface area (Å²) in [6, 6.07) is 10.7. The van der Waals surface area contributed by atoms with Gasteiger partial charge in [0.05, 0.1) is 6.07 Å². The summed E-state index contributed by atoms with van der Waals surface area (Å²) in [7, 11) is 0. The van der Waals surface area contributed by atoms with Crippen LogP contribution in [0.15, 0.2) is 47.9 Å². The van der Waals surface area contributed by atoms with Crippen LogP contribution in [-0.4, -0.2) is 4.98 Å². The van der Waals surface area contributed by atoms with Gasteiger partial charge in [0.2, 0.25) is 11.7 Å². The second-order valence-electron chi connectivity index (χ2n) is 4.33. The molecule has 0 atom stereocenters. The smallest absolute Gasteiger partial charge is 0.231 e. The summed E-state index contributed by atoms with van der Waals surface area (Å²) in [5.41, 5.74) is 4.87. The Labute approximate surface area is 110 Å². The van der Waals surface area contributed by atoms with E-state index >= 15 is 0 Å². The number of nitrogens with one attached hydrogen (secondary N) is 3. The second-order valence-corrected chi connectivity index (χ2v) is 5.31. The Bertz CT molecular complexity index is 625. The molecule has 0 aliphatic heterocycles. The lowest BCUT2D eigenvalue weighted by atomic mass is 10.2. The molecule has 90 valence electrons. The lowest BCUT2D eigenvalue weighted by Gasteiger charge is -1.97. The Kier molecular flexibility index (Phi) is 3.02. The van der Waals surface area contributed by atoms with Gasteiger partial charge in [-0.1, -0.05) is 29.8 Å². The Hall–Kier alpha value is -1.81. The molecule has 2 aromatic heterocycles. The molecular formula is C14H15N3S+2. The summed E-state index contributed by atoms with van der Waals surface area (Å²) in [4.78, 5) is 9.79. The van der Waals surface area contributed by atoms with E-state index < -0.39 is 0 Å². The highest BCUT2D eigenvalue weighted by molar-refractivity contribution is 7.98. The van der Waals surface area contributed by atoms with Crippen LogP contribution < -0.4 is 9.97 Å². The SMILES string of the molecule is Cc1ccc(CSc2[nH]c3c[nH+]ccc3[nH+]2)cc1. The molecule has 0 radical (unpaired) electrons. The molecule has 0 fully saturated rings. The highest BCUT2D eigenvalue weighted by atomic mass is 32.2. The van der Waals surface area contributed by atoms with E-state index in [4.69, 9.17) is 0 Å². The minimum Gasteiger partial charge on any atom is -0.231 e. The molecule has 4 heteroatoms. The van der Waals surface area contributed by atoms with E-state index in [1.165, 1.54) is 11.1 Å². The van der Waals surface area contributed by atoms with Crippen LogP contribution in [0.5, 0.6) is 0 Å². The molecule has 0 saturated carbocycles. The van der Waals surface area contributed by atoms with E-state index in [-0.39, 0.29) is 0 Å². The molecule has 0 unspecified atom stereocenters. The Balaban J connectivity index is 1.74. The number of hydrogen-bond acceptors (Lipinski definition) is 1. The van der Waals surface area contributed by atoms with Crippen molar-refractivity contribution in [3.63, 3.8) is 0 Å². The van der Waals surface area contributed by atoms with Crippen molar-refractivity contribution in [2.45, 2.75) is 17.8 Å². The molecule has 0 spiro atoms. The van der Waals surface area contributed by atoms with Gasteiger partial charge < -0.3 is 0 Å². The normalized spacial score (nSPS) is 10.9. The van der Waals surface area contributed by atoms with Crippen LogP contribution in [0, 0.1) is 6.92 Å². The van der Waals surface area contributed by atoms with Gasteiger partial charge in [0.1, 0.15) is 0 Å². The first kappa shape index (κ1) is 11.3. The molecule has 3 N–H and O–H groups in total. The van der Waals surface area contributed by atoms with Crippen LogP contribution in [0.2, 0.25) is 0 Å². The number of fused-ring (bicyclic) bond motifs is 1. The molecule has 0 saturated heterocycles. The number of pyridine rings is 1. The Morgan fingerprint density at radius 1 is 1.17 bits per heavy atom. The third-order valence-corrected chi connectivity index (χ3v) is 3.83. The highest BCUT2D eigenvalue weighted by Crippen LogP contribution is 2.19. The van der Waals surface area contributed by atoms with Crippen molar-refractivity contribution in [3.05, 3.63) is 53.9 Å². The van der Waals surface area contributed by atoms with Crippen LogP contribution in [-0.2, 0) is 5.75 Å². The predicted molar refractivity (Wildman–Crippen MR) is 72.2 cm³/mol. The fourth-order valence-electron chi connectivity index (χ4n) is 1.83. The maximum absolute atomic E-state index is 3.36. The van der Waals surface area contributed by atoms with E-state index in [1.807, 2.05) is 18.5 Å². The van der Waals surface area contributed by atoms with Crippen LogP contribution in [0.4, 0.5) is 0 Å². The minimum atomic E-state index is 0.966. The van der Waals surface area contributed by atoms with Crippen LogP contribution in [0.25, 0.3) is 11.0 Å². The maximum Gasteiger partial charge on any atom is 0.315 e. The summed E-state index contributed by atoms with van der Waals surface area (Å²) in [5, 5.41) is 1.09. The number of rotatable bonds is 3. The summed E-state index contributed by atoms with van der Waals surface area (Å²) in [6.45, 7) is 2.11. The van der Waals surface area contributed by atoms with Crippen LogP contribution in [0.3, 0.4) is 0 Å². The van der Waals surface area contributed by atoms with Crippen molar-refractivity contribution in [2.75, 3.05) is 0 Å². The fourth-order valence-corrected chi connectivity index (χ4v) is 2.70. The van der Waals surface area contributed by atoms with Crippen LogP contribution >= 0.6 is 11.8 Å². The first-order valence-electron chi connectivity index (χ1n) is 5.91. The van der Waals surface area contributed by atoms with Gasteiger partial charge in [-0.15, -0.1) is 0 Å². The topological polar surface area (TPSA) is 44.1 Å². The summed E-state index contributed by atoms with van der Waals surface area (Å²) in [6.07, 6.45) is 3.88. The van der Waals surface area contributed by atoms with E-state index in [2.05, 4.69) is 46.1 Å². The molecule has 3 nitrogen and oxygen atoms in total. The quantitative estimate of drug-likeness (QED) is 0.719. The molecule has 1 aromatic carbocycles. The Morgan fingerprint density at radius 2 is 2.00 bits per heavy atom. The van der Waals surface area contributed by atoms with E-state index in [1.54, 1.807) is 11.8 Å². The number of aromatic nitrogens is 3. The highest BCUT2D eigenvalue weighted by Gasteiger charge is 2.11. The van der Waals surface area contributed by atoms with Gasteiger partial charge >= 0.3 is 5.16 Å². The van der Waals surface area contributed by atoms with Crippen molar-refractivity contribution >= 4 is 22.8 Å². The molecule has 3 rings (SSSR count). The zero-order valence-corrected chi connectivity index (χ0v) is 11.0. The fraction of sp³-hybridized carbons (Fsp3) is 0.143. The first-order valence-corrected chi connectivity index (χ1v) is 6.89. The van der Waals surface area contributed by atoms with E-state index in [0.717, 1.165) is 21.9 Å². The van der Waals surface area contributed by atoms with Crippen molar-refractivity contribution in [1.29, 1.82) is 0 Å². The van der Waals surface area contributed by atoms with Gasteiger partial charge in [-0.3, -0.25) is 0 Å². The lowest BCUT2D eigenvalue weighted by Crippen LogP contribution is -2.03. The number of H-pyrrole nitrogens is 3. The molecule has 18 heavy (non-hydrogen) atoms. The standard InChI is InChI=1S/C14H13N3S/c1-10-2-4-11(5-3-10)9-18-14-16-12-6-7-15-8-13(12)17-14/h2-8H,9H2,1H3,(H,16,17)/p+2. The molecule has 3 aromatic rings. The monoisotopic (exact) mass is 257 g/mol. The van der Waals surface area contributed by atoms with Gasteiger partial charge in [0.15, 0.2) is 11.7 Å². The summed E-state index contributed by atoms with van der Waals surface area (Å²) < 4.78 is 0. The number of imidazole rings is 1. The van der Waals surface area contributed by atoms with Gasteiger partial charge in [-0.25, -0.2) is 15.0 Å². The number of aromatic amines is 3. The summed E-state index contributed by atoms with van der Waals surface area (Å²) in [5.74, 6) is 0.966. The summed E-state index contributed by atoms with van der Waals surface area (Å²) >= 11 is 1.78. The van der Waals surface area contributed by atoms with Gasteiger partial charge in [-0.05, 0) is 24.2 Å². The molecule has 2 heterocycles. The molecule has 0 aliphatic carbocycles. The molecular weight excluding hydrogens is 242 g/mol. The predicted octanol–water partition coefficient (Wildman–Crippen LogP) is 2.40. The number of aryl methyl sites for hydroxylation is 1. The molecule has 0 bridgehead atoms. The second kappa shape index (κ2) is 4.82. The van der Waals surface area contributed by atoms with E-state index in [9.17, 15) is 0 Å². The van der Waals surface area contributed by atoms with Crippen molar-refractivity contribution in [3.8, 4) is 0 Å². The third kappa shape index (κ3) is 2.38. The first-order chi connectivity index (χ1) is 8.81. The Morgan fingerprint density at radius 3 is 2.78 bits per heavy atom.